The highest BCUT2D eigenvalue weighted by molar-refractivity contribution is 7.84. The molecule has 0 fully saturated rings. The van der Waals surface area contributed by atoms with Crippen LogP contribution in [0.5, 0.6) is 0 Å². The van der Waals surface area contributed by atoms with Gasteiger partial charge in [0.15, 0.2) is 0 Å². The average Bonchev–Trinajstić information content (AvgIpc) is 1.62. The van der Waals surface area contributed by atoms with Crippen molar-refractivity contribution in [3.8, 4) is 0 Å². The molecule has 0 unspecified atom stereocenters. The molecule has 56 valence electrons. The third kappa shape index (κ3) is 2.96. The monoisotopic (exact) mass is 149 g/mol. The molecular formula is C6H15NOS. The molecule has 0 aromatic heterocycles. The number of rotatable bonds is 1. The molecule has 1 atom stereocenters. The molecule has 0 amide bonds. The lowest BCUT2D eigenvalue weighted by atomic mass is 10.3. The predicted octanol–water partition coefficient (Wildman–Crippen LogP) is 1.01. The summed E-state index contributed by atoms with van der Waals surface area (Å²) in [5.41, 5.74) is 0. The van der Waals surface area contributed by atoms with Crippen molar-refractivity contribution in [1.29, 1.82) is 0 Å². The topological polar surface area (TPSA) is 20.3 Å². The summed E-state index contributed by atoms with van der Waals surface area (Å²) in [7, 11) is 2.79. The summed E-state index contributed by atoms with van der Waals surface area (Å²) in [4.78, 5) is 0. The highest BCUT2D eigenvalue weighted by atomic mass is 32.2. The molecule has 0 spiro atoms. The van der Waals surface area contributed by atoms with Crippen LogP contribution in [0.2, 0.25) is 0 Å². The zero-order valence-electron chi connectivity index (χ0n) is 6.76. The van der Waals surface area contributed by atoms with Crippen LogP contribution in [0.15, 0.2) is 0 Å². The minimum Gasteiger partial charge on any atom is -0.242 e. The number of hydrogen-bond donors (Lipinski definition) is 0. The van der Waals surface area contributed by atoms with E-state index in [9.17, 15) is 4.21 Å². The van der Waals surface area contributed by atoms with E-state index in [1.807, 2.05) is 34.9 Å². The minimum atomic E-state index is -0.856. The molecule has 0 saturated carbocycles. The van der Waals surface area contributed by atoms with Crippen molar-refractivity contribution in [3.63, 3.8) is 0 Å². The average molecular weight is 149 g/mol. The van der Waals surface area contributed by atoms with Crippen molar-refractivity contribution in [3.05, 3.63) is 0 Å². The van der Waals surface area contributed by atoms with E-state index in [1.54, 1.807) is 4.31 Å². The van der Waals surface area contributed by atoms with Crippen molar-refractivity contribution >= 4 is 11.0 Å². The van der Waals surface area contributed by atoms with Crippen LogP contribution in [0.3, 0.4) is 0 Å². The Morgan fingerprint density at radius 1 is 1.22 bits per heavy atom. The predicted molar refractivity (Wildman–Crippen MR) is 41.6 cm³/mol. The second-order valence-electron chi connectivity index (χ2n) is 3.17. The Labute approximate surface area is 59.8 Å². The van der Waals surface area contributed by atoms with Gasteiger partial charge in [0.1, 0.15) is 0 Å². The maximum atomic E-state index is 11.2. The largest absolute Gasteiger partial charge is 0.242 e. The van der Waals surface area contributed by atoms with E-state index >= 15 is 0 Å². The summed E-state index contributed by atoms with van der Waals surface area (Å²) < 4.78 is 12.8. The zero-order valence-corrected chi connectivity index (χ0v) is 7.58. The van der Waals surface area contributed by atoms with E-state index < -0.39 is 11.0 Å². The first-order valence-corrected chi connectivity index (χ1v) is 4.05. The molecule has 0 bridgehead atoms. The van der Waals surface area contributed by atoms with Crippen LogP contribution in [0.1, 0.15) is 20.8 Å². The Morgan fingerprint density at radius 2 is 1.56 bits per heavy atom. The molecule has 0 rings (SSSR count). The molecule has 0 aromatic carbocycles. The van der Waals surface area contributed by atoms with Crippen LogP contribution in [-0.2, 0) is 11.0 Å². The summed E-state index contributed by atoms with van der Waals surface area (Å²) in [5.74, 6) is 0. The van der Waals surface area contributed by atoms with Crippen molar-refractivity contribution in [2.24, 2.45) is 0 Å². The van der Waals surface area contributed by atoms with Crippen LogP contribution in [0, 0.1) is 0 Å². The van der Waals surface area contributed by atoms with Crippen molar-refractivity contribution in [2.75, 3.05) is 14.1 Å². The molecule has 0 radical (unpaired) electrons. The lowest BCUT2D eigenvalue weighted by molar-refractivity contribution is 0.567. The molecule has 0 saturated heterocycles. The van der Waals surface area contributed by atoms with Crippen LogP contribution < -0.4 is 0 Å². The quantitative estimate of drug-likeness (QED) is 0.545. The Kier molecular flexibility index (Phi) is 2.83. The molecule has 9 heavy (non-hydrogen) atoms. The van der Waals surface area contributed by atoms with Crippen molar-refractivity contribution in [2.45, 2.75) is 25.5 Å². The van der Waals surface area contributed by atoms with Crippen LogP contribution in [-0.4, -0.2) is 27.4 Å². The fourth-order valence-electron chi connectivity index (χ4n) is 0.548. The summed E-state index contributed by atoms with van der Waals surface area (Å²) in [6.07, 6.45) is 0. The zero-order chi connectivity index (χ0) is 7.65. The summed E-state index contributed by atoms with van der Waals surface area (Å²) in [5, 5.41) is 0. The van der Waals surface area contributed by atoms with Crippen LogP contribution in [0.25, 0.3) is 0 Å². The molecule has 2 nitrogen and oxygen atoms in total. The van der Waals surface area contributed by atoms with Gasteiger partial charge in [-0.3, -0.25) is 0 Å². The van der Waals surface area contributed by atoms with Gasteiger partial charge in [-0.25, -0.2) is 8.51 Å². The third-order valence-corrected chi connectivity index (χ3v) is 2.57. The molecule has 0 aliphatic carbocycles. The van der Waals surface area contributed by atoms with Gasteiger partial charge in [-0.1, -0.05) is 0 Å². The Hall–Kier alpha value is 0.110. The highest BCUT2D eigenvalue weighted by Crippen LogP contribution is 2.11. The molecule has 0 aliphatic heterocycles. The van der Waals surface area contributed by atoms with Gasteiger partial charge in [0, 0.05) is 0 Å². The van der Waals surface area contributed by atoms with Gasteiger partial charge < -0.3 is 0 Å². The van der Waals surface area contributed by atoms with Gasteiger partial charge >= 0.3 is 0 Å². The second-order valence-corrected chi connectivity index (χ2v) is 5.63. The SMILES string of the molecule is CN(C)[S@](=O)C(C)(C)C. The van der Waals surface area contributed by atoms with Gasteiger partial charge in [0.05, 0.1) is 15.7 Å². The lowest BCUT2D eigenvalue weighted by Crippen LogP contribution is -2.32. The van der Waals surface area contributed by atoms with E-state index in [1.165, 1.54) is 0 Å². The fourth-order valence-corrected chi connectivity index (χ4v) is 1.64. The third-order valence-electron chi connectivity index (χ3n) is 0.856. The summed E-state index contributed by atoms with van der Waals surface area (Å²) >= 11 is 0. The Balaban J connectivity index is 4.06. The van der Waals surface area contributed by atoms with E-state index in [-0.39, 0.29) is 4.75 Å². The van der Waals surface area contributed by atoms with Crippen molar-refractivity contribution < 1.29 is 4.21 Å². The van der Waals surface area contributed by atoms with Gasteiger partial charge in [-0.05, 0) is 34.9 Å². The maximum Gasteiger partial charge on any atom is 0.0992 e. The normalized spacial score (nSPS) is 16.2. The summed E-state index contributed by atoms with van der Waals surface area (Å²) in [6, 6.07) is 0. The highest BCUT2D eigenvalue weighted by Gasteiger charge is 2.20. The molecule has 0 heterocycles. The van der Waals surface area contributed by atoms with Crippen LogP contribution >= 0.6 is 0 Å². The smallest absolute Gasteiger partial charge is 0.0992 e. The maximum absolute atomic E-state index is 11.2. The molecule has 3 heteroatoms. The molecule has 0 N–H and O–H groups in total. The van der Waals surface area contributed by atoms with Gasteiger partial charge in [-0.15, -0.1) is 0 Å². The van der Waals surface area contributed by atoms with Crippen LogP contribution in [0.4, 0.5) is 0 Å². The van der Waals surface area contributed by atoms with E-state index in [4.69, 9.17) is 0 Å². The Morgan fingerprint density at radius 3 is 1.56 bits per heavy atom. The van der Waals surface area contributed by atoms with Gasteiger partial charge in [0.25, 0.3) is 0 Å². The number of nitrogens with zero attached hydrogens (tertiary/aromatic N) is 1. The van der Waals surface area contributed by atoms with Crippen molar-refractivity contribution in [1.82, 2.24) is 4.31 Å². The van der Waals surface area contributed by atoms with Gasteiger partial charge in [0.2, 0.25) is 0 Å². The number of hydrogen-bond acceptors (Lipinski definition) is 1. The molecule has 0 aromatic rings. The second kappa shape index (κ2) is 2.80. The molecular weight excluding hydrogens is 134 g/mol. The first kappa shape index (κ1) is 9.11. The van der Waals surface area contributed by atoms with E-state index in [2.05, 4.69) is 0 Å². The van der Waals surface area contributed by atoms with E-state index in [0.29, 0.717) is 0 Å². The van der Waals surface area contributed by atoms with E-state index in [0.717, 1.165) is 0 Å². The summed E-state index contributed by atoms with van der Waals surface area (Å²) in [6.45, 7) is 5.88. The Bertz CT molecular complexity index is 115. The standard InChI is InChI=1S/C6H15NOS/c1-6(2,3)9(8)7(4)5/h1-5H3/t9-/m1/s1. The van der Waals surface area contributed by atoms with Gasteiger partial charge in [-0.2, -0.15) is 0 Å². The minimum absolute atomic E-state index is 0.122. The fraction of sp³-hybridized carbons (Fsp3) is 1.00. The lowest BCUT2D eigenvalue weighted by Gasteiger charge is -2.21. The first-order chi connectivity index (χ1) is 3.85. The molecule has 0 aliphatic rings. The first-order valence-electron chi connectivity index (χ1n) is 2.95.